The molecule has 0 aliphatic heterocycles. The van der Waals surface area contributed by atoms with E-state index < -0.39 is 29.8 Å². The van der Waals surface area contributed by atoms with E-state index >= 15 is 0 Å². The van der Waals surface area contributed by atoms with Crippen molar-refractivity contribution in [3.05, 3.63) is 85.9 Å². The molecule has 0 bridgehead atoms. The second kappa shape index (κ2) is 12.4. The number of nitrogens with one attached hydrogen (secondary N) is 2. The maximum absolute atomic E-state index is 13.7. The van der Waals surface area contributed by atoms with Gasteiger partial charge in [-0.3, -0.25) is 15.0 Å². The molecule has 17 heteroatoms. The van der Waals surface area contributed by atoms with Crippen LogP contribution in [0.15, 0.2) is 49.1 Å². The van der Waals surface area contributed by atoms with Crippen molar-refractivity contribution in [2.45, 2.75) is 19.6 Å². The molecular formula is C25H21ClF3IN8O4. The van der Waals surface area contributed by atoms with Gasteiger partial charge < -0.3 is 14.6 Å². The predicted molar refractivity (Wildman–Crippen MR) is 152 cm³/mol. The van der Waals surface area contributed by atoms with Gasteiger partial charge in [-0.05, 0) is 65.4 Å². The number of ether oxygens (including phenoxy) is 1. The number of nitrogens with zero attached hydrogens (tertiary/aromatic N) is 6. The van der Waals surface area contributed by atoms with Gasteiger partial charge in [0, 0.05) is 23.0 Å². The van der Waals surface area contributed by atoms with Gasteiger partial charge in [-0.2, -0.15) is 18.3 Å². The zero-order chi connectivity index (χ0) is 30.8. The summed E-state index contributed by atoms with van der Waals surface area (Å²) in [6, 6.07) is 7.71. The number of rotatable bonds is 6. The number of hydrogen-bond donors (Lipinski definition) is 2. The second-order valence-electron chi connectivity index (χ2n) is 8.74. The lowest BCUT2D eigenvalue weighted by atomic mass is 10.1. The van der Waals surface area contributed by atoms with Crippen molar-refractivity contribution >= 4 is 57.8 Å². The number of hydrazine groups is 1. The highest BCUT2D eigenvalue weighted by Crippen LogP contribution is 2.28. The van der Waals surface area contributed by atoms with Crippen molar-refractivity contribution in [1.82, 2.24) is 34.8 Å². The molecule has 0 atom stereocenters. The Bertz CT molecular complexity index is 1670. The molecule has 3 heterocycles. The minimum absolute atomic E-state index is 0.0451. The monoisotopic (exact) mass is 716 g/mol. The van der Waals surface area contributed by atoms with E-state index in [0.717, 1.165) is 29.3 Å². The summed E-state index contributed by atoms with van der Waals surface area (Å²) in [5, 5.41) is 8.08. The van der Waals surface area contributed by atoms with E-state index in [1.54, 1.807) is 19.1 Å². The fourth-order valence-corrected chi connectivity index (χ4v) is 4.78. The number of alkyl halides is 3. The van der Waals surface area contributed by atoms with Crippen LogP contribution in [-0.2, 0) is 17.5 Å². The molecule has 12 nitrogen and oxygen atoms in total. The molecule has 4 rings (SSSR count). The lowest BCUT2D eigenvalue weighted by molar-refractivity contribution is -0.141. The molecule has 220 valence electrons. The number of methoxy groups -OCH3 is 1. The van der Waals surface area contributed by atoms with Crippen LogP contribution in [0.1, 0.15) is 37.8 Å². The van der Waals surface area contributed by atoms with E-state index in [1.165, 1.54) is 36.0 Å². The maximum Gasteiger partial charge on any atom is 0.434 e. The molecule has 2 N–H and O–H groups in total. The van der Waals surface area contributed by atoms with Crippen molar-refractivity contribution in [2.24, 2.45) is 0 Å². The summed E-state index contributed by atoms with van der Waals surface area (Å²) in [7, 11) is 2.44. The number of carbonyl (C=O) groups is 3. The number of carbonyl (C=O) groups excluding carboxylic acids is 3. The quantitative estimate of drug-likeness (QED) is 0.218. The summed E-state index contributed by atoms with van der Waals surface area (Å²) < 4.78 is 46.7. The number of amides is 3. The standard InChI is InChI=1S/C25H21ClF3IN8O4/c1-13-7-14(30)8-16(22(39)35-36(2)24(41)42-3)20(13)33-23(40)18-9-15(10-37-11-19(32-12-37)25(27,28)29)34-38(18)21-17(26)5-4-6-31-21/h4-9,11-12H,10H2,1-3H3,(H,33,40)(H,35,39). The molecule has 0 aliphatic carbocycles. The van der Waals surface area contributed by atoms with Crippen molar-refractivity contribution in [3.8, 4) is 5.82 Å². The molecule has 0 saturated carbocycles. The number of benzene rings is 1. The van der Waals surface area contributed by atoms with Crippen LogP contribution in [0.2, 0.25) is 5.02 Å². The van der Waals surface area contributed by atoms with E-state index in [9.17, 15) is 27.6 Å². The van der Waals surface area contributed by atoms with Crippen LogP contribution in [-0.4, -0.2) is 61.4 Å². The highest BCUT2D eigenvalue weighted by atomic mass is 127. The number of anilines is 1. The number of pyridine rings is 1. The first-order chi connectivity index (χ1) is 19.8. The molecule has 1 aromatic carbocycles. The predicted octanol–water partition coefficient (Wildman–Crippen LogP) is 4.69. The van der Waals surface area contributed by atoms with E-state index in [-0.39, 0.29) is 40.0 Å². The summed E-state index contributed by atoms with van der Waals surface area (Å²) in [4.78, 5) is 46.1. The van der Waals surface area contributed by atoms with Crippen molar-refractivity contribution < 1.29 is 32.3 Å². The molecule has 0 aliphatic rings. The first-order valence-electron chi connectivity index (χ1n) is 11.8. The maximum atomic E-state index is 13.7. The van der Waals surface area contributed by atoms with Gasteiger partial charge in [0.1, 0.15) is 5.69 Å². The average molecular weight is 717 g/mol. The van der Waals surface area contributed by atoms with Crippen molar-refractivity contribution in [3.63, 3.8) is 0 Å². The summed E-state index contributed by atoms with van der Waals surface area (Å²) in [5.41, 5.74) is 2.14. The molecule has 4 aromatic rings. The van der Waals surface area contributed by atoms with Gasteiger partial charge in [-0.1, -0.05) is 11.6 Å². The molecule has 3 aromatic heterocycles. The summed E-state index contributed by atoms with van der Waals surface area (Å²) >= 11 is 8.33. The Hall–Kier alpha value is -4.19. The fraction of sp³-hybridized carbons (Fsp3) is 0.200. The first-order valence-corrected chi connectivity index (χ1v) is 13.3. The van der Waals surface area contributed by atoms with Crippen molar-refractivity contribution in [1.29, 1.82) is 0 Å². The SMILES string of the molecule is COC(=O)N(C)NC(=O)c1cc(I)cc(C)c1NC(=O)c1cc(Cn2cnc(C(F)(F)F)c2)nn1-c1ncccc1Cl. The van der Waals surface area contributed by atoms with Crippen LogP contribution in [0, 0.1) is 10.5 Å². The van der Waals surface area contributed by atoms with Gasteiger partial charge in [0.15, 0.2) is 11.5 Å². The molecule has 0 unspecified atom stereocenters. The first kappa shape index (κ1) is 30.8. The molecule has 0 fully saturated rings. The highest BCUT2D eigenvalue weighted by molar-refractivity contribution is 14.1. The van der Waals surface area contributed by atoms with Gasteiger partial charge in [0.05, 0.1) is 41.9 Å². The van der Waals surface area contributed by atoms with Gasteiger partial charge in [0.25, 0.3) is 11.8 Å². The van der Waals surface area contributed by atoms with Gasteiger partial charge in [-0.15, -0.1) is 0 Å². The van der Waals surface area contributed by atoms with Gasteiger partial charge in [0.2, 0.25) is 0 Å². The molecule has 42 heavy (non-hydrogen) atoms. The minimum atomic E-state index is -4.63. The van der Waals surface area contributed by atoms with Crippen LogP contribution < -0.4 is 10.7 Å². The normalized spacial score (nSPS) is 11.2. The highest BCUT2D eigenvalue weighted by Gasteiger charge is 2.33. The molecule has 0 radical (unpaired) electrons. The number of halogens is 5. The number of hydrogen-bond acceptors (Lipinski definition) is 7. The lowest BCUT2D eigenvalue weighted by Gasteiger charge is -2.19. The van der Waals surface area contributed by atoms with Crippen LogP contribution >= 0.6 is 34.2 Å². The molecule has 3 amide bonds. The topological polar surface area (TPSA) is 136 Å². The van der Waals surface area contributed by atoms with Gasteiger partial charge in [-0.25, -0.2) is 24.5 Å². The fourth-order valence-electron chi connectivity index (χ4n) is 3.80. The van der Waals surface area contributed by atoms with Crippen LogP contribution in [0.3, 0.4) is 0 Å². The van der Waals surface area contributed by atoms with Crippen molar-refractivity contribution in [2.75, 3.05) is 19.5 Å². The lowest BCUT2D eigenvalue weighted by Crippen LogP contribution is -2.43. The smallest absolute Gasteiger partial charge is 0.434 e. The zero-order valence-electron chi connectivity index (χ0n) is 22.0. The third-order valence-corrected chi connectivity index (χ3v) is 6.62. The second-order valence-corrected chi connectivity index (χ2v) is 10.4. The Morgan fingerprint density at radius 1 is 1.17 bits per heavy atom. The number of imidazole rings is 1. The average Bonchev–Trinajstić information content (AvgIpc) is 3.57. The minimum Gasteiger partial charge on any atom is -0.452 e. The van der Waals surface area contributed by atoms with E-state index in [1.807, 2.05) is 22.6 Å². The summed E-state index contributed by atoms with van der Waals surface area (Å²) in [6.45, 7) is 1.52. The zero-order valence-corrected chi connectivity index (χ0v) is 24.9. The Morgan fingerprint density at radius 2 is 1.90 bits per heavy atom. The Kier molecular flexibility index (Phi) is 9.05. The molecule has 0 saturated heterocycles. The third kappa shape index (κ3) is 6.81. The Labute approximate surface area is 254 Å². The molecular weight excluding hydrogens is 696 g/mol. The Balaban J connectivity index is 1.72. The van der Waals surface area contributed by atoms with E-state index in [2.05, 4.69) is 30.5 Å². The third-order valence-electron chi connectivity index (χ3n) is 5.70. The number of aromatic nitrogens is 5. The summed E-state index contributed by atoms with van der Waals surface area (Å²) in [5.74, 6) is -1.34. The van der Waals surface area contributed by atoms with Crippen LogP contribution in [0.5, 0.6) is 0 Å². The van der Waals surface area contributed by atoms with Crippen LogP contribution in [0.25, 0.3) is 5.82 Å². The largest absolute Gasteiger partial charge is 0.452 e. The summed E-state index contributed by atoms with van der Waals surface area (Å²) in [6.07, 6.45) is -2.20. The van der Waals surface area contributed by atoms with Crippen LogP contribution in [0.4, 0.5) is 23.7 Å². The Morgan fingerprint density at radius 3 is 2.55 bits per heavy atom. The van der Waals surface area contributed by atoms with E-state index in [0.29, 0.717) is 9.13 Å². The number of aryl methyl sites for hydroxylation is 1. The van der Waals surface area contributed by atoms with Gasteiger partial charge >= 0.3 is 12.3 Å². The van der Waals surface area contributed by atoms with E-state index in [4.69, 9.17) is 11.6 Å². The molecule has 0 spiro atoms.